The Morgan fingerprint density at radius 1 is 1.47 bits per heavy atom. The topological polar surface area (TPSA) is 41.6 Å². The van der Waals surface area contributed by atoms with Crippen LogP contribution in [0.25, 0.3) is 0 Å². The molecule has 0 saturated carbocycles. The average Bonchev–Trinajstić information content (AvgIpc) is 2.41. The molecule has 5 heteroatoms. The van der Waals surface area contributed by atoms with Crippen molar-refractivity contribution in [2.24, 2.45) is 0 Å². The first-order chi connectivity index (χ1) is 9.16. The van der Waals surface area contributed by atoms with Crippen molar-refractivity contribution in [1.29, 1.82) is 0 Å². The number of benzene rings is 1. The van der Waals surface area contributed by atoms with Crippen LogP contribution in [-0.2, 0) is 4.79 Å². The molecule has 0 unspecified atom stereocenters. The van der Waals surface area contributed by atoms with Gasteiger partial charge in [0.25, 0.3) is 0 Å². The molecule has 0 spiro atoms. The highest BCUT2D eigenvalue weighted by Gasteiger charge is 2.22. The van der Waals surface area contributed by atoms with Crippen LogP contribution in [0.15, 0.2) is 24.3 Å². The van der Waals surface area contributed by atoms with Crippen molar-refractivity contribution >= 4 is 17.5 Å². The maximum atomic E-state index is 12.0. The Morgan fingerprint density at radius 2 is 2.21 bits per heavy atom. The zero-order valence-electron chi connectivity index (χ0n) is 11.1. The predicted octanol–water partition coefficient (Wildman–Crippen LogP) is 1.93. The molecule has 1 amide bonds. The van der Waals surface area contributed by atoms with Crippen molar-refractivity contribution < 1.29 is 9.53 Å². The third-order valence-electron chi connectivity index (χ3n) is 3.22. The minimum Gasteiger partial charge on any atom is -0.493 e. The zero-order valence-corrected chi connectivity index (χ0v) is 11.8. The molecule has 1 aromatic carbocycles. The van der Waals surface area contributed by atoms with E-state index in [2.05, 4.69) is 12.2 Å². The van der Waals surface area contributed by atoms with Gasteiger partial charge in [-0.3, -0.25) is 4.79 Å². The molecule has 1 saturated heterocycles. The maximum absolute atomic E-state index is 12.0. The molecule has 1 aliphatic heterocycles. The summed E-state index contributed by atoms with van der Waals surface area (Å²) in [6.45, 7) is 4.97. The van der Waals surface area contributed by atoms with Crippen LogP contribution in [0.1, 0.15) is 13.3 Å². The molecule has 1 heterocycles. The molecular formula is C14H19ClN2O2. The van der Waals surface area contributed by atoms with Crippen LogP contribution in [0.5, 0.6) is 5.75 Å². The molecule has 19 heavy (non-hydrogen) atoms. The van der Waals surface area contributed by atoms with E-state index in [0.29, 0.717) is 18.1 Å². The predicted molar refractivity (Wildman–Crippen MR) is 75.6 cm³/mol. The monoisotopic (exact) mass is 282 g/mol. The lowest BCUT2D eigenvalue weighted by atomic mass is 10.2. The SMILES string of the molecule is C[C@@H]1CNCCN1C(=O)CCOc1ccc(Cl)cc1. The van der Waals surface area contributed by atoms with Crippen LogP contribution in [0, 0.1) is 0 Å². The largest absolute Gasteiger partial charge is 0.493 e. The molecular weight excluding hydrogens is 264 g/mol. The van der Waals surface area contributed by atoms with E-state index >= 15 is 0 Å². The first kappa shape index (κ1) is 14.2. The summed E-state index contributed by atoms with van der Waals surface area (Å²) in [6, 6.07) is 7.42. The van der Waals surface area contributed by atoms with Gasteiger partial charge < -0.3 is 15.0 Å². The summed E-state index contributed by atoms with van der Waals surface area (Å²) in [5, 5.41) is 3.95. The summed E-state index contributed by atoms with van der Waals surface area (Å²) in [5.74, 6) is 0.897. The van der Waals surface area contributed by atoms with Crippen LogP contribution in [0.3, 0.4) is 0 Å². The van der Waals surface area contributed by atoms with Gasteiger partial charge in [-0.25, -0.2) is 0 Å². The average molecular weight is 283 g/mol. The summed E-state index contributed by atoms with van der Waals surface area (Å²) in [6.07, 6.45) is 0.410. The number of rotatable bonds is 4. The molecule has 0 aromatic heterocycles. The van der Waals surface area contributed by atoms with Gasteiger partial charge in [-0.1, -0.05) is 11.6 Å². The molecule has 1 aromatic rings. The molecule has 1 atom stereocenters. The van der Waals surface area contributed by atoms with Crippen molar-refractivity contribution in [2.75, 3.05) is 26.2 Å². The van der Waals surface area contributed by atoms with E-state index in [4.69, 9.17) is 16.3 Å². The van der Waals surface area contributed by atoms with Gasteiger partial charge in [0.05, 0.1) is 13.0 Å². The van der Waals surface area contributed by atoms with Crippen LogP contribution in [-0.4, -0.2) is 43.1 Å². The highest BCUT2D eigenvalue weighted by atomic mass is 35.5. The Labute approximate surface area is 118 Å². The normalized spacial score (nSPS) is 19.3. The van der Waals surface area contributed by atoms with Gasteiger partial charge >= 0.3 is 0 Å². The Hall–Kier alpha value is -1.26. The van der Waals surface area contributed by atoms with E-state index in [1.165, 1.54) is 0 Å². The first-order valence-corrected chi connectivity index (χ1v) is 6.93. The van der Waals surface area contributed by atoms with Crippen LogP contribution in [0.4, 0.5) is 0 Å². The Kier molecular flexibility index (Phi) is 5.05. The van der Waals surface area contributed by atoms with E-state index in [1.54, 1.807) is 24.3 Å². The van der Waals surface area contributed by atoms with E-state index in [1.807, 2.05) is 4.90 Å². The van der Waals surface area contributed by atoms with Crippen molar-refractivity contribution in [3.8, 4) is 5.75 Å². The minimum atomic E-state index is 0.156. The van der Waals surface area contributed by atoms with Gasteiger partial charge in [0, 0.05) is 30.7 Å². The summed E-state index contributed by atoms with van der Waals surface area (Å²) in [7, 11) is 0. The Bertz CT molecular complexity index is 422. The Morgan fingerprint density at radius 3 is 2.89 bits per heavy atom. The van der Waals surface area contributed by atoms with Crippen molar-refractivity contribution in [2.45, 2.75) is 19.4 Å². The molecule has 0 bridgehead atoms. The highest BCUT2D eigenvalue weighted by Crippen LogP contribution is 2.15. The second-order valence-electron chi connectivity index (χ2n) is 4.69. The Balaban J connectivity index is 1.75. The molecule has 0 aliphatic carbocycles. The number of ether oxygens (including phenoxy) is 1. The van der Waals surface area contributed by atoms with E-state index < -0.39 is 0 Å². The molecule has 0 radical (unpaired) electrons. The molecule has 2 rings (SSSR count). The summed E-state index contributed by atoms with van der Waals surface area (Å²) in [5.41, 5.74) is 0. The van der Waals surface area contributed by atoms with Gasteiger partial charge in [0.2, 0.25) is 5.91 Å². The zero-order chi connectivity index (χ0) is 13.7. The lowest BCUT2D eigenvalue weighted by molar-refractivity contribution is -0.134. The quantitative estimate of drug-likeness (QED) is 0.917. The number of nitrogens with zero attached hydrogens (tertiary/aromatic N) is 1. The smallest absolute Gasteiger partial charge is 0.226 e. The molecule has 1 fully saturated rings. The van der Waals surface area contributed by atoms with Crippen LogP contribution >= 0.6 is 11.6 Å². The standard InChI is InChI=1S/C14H19ClN2O2/c1-11-10-16-7-8-17(11)14(18)6-9-19-13-4-2-12(15)3-5-13/h2-5,11,16H,6-10H2,1H3/t11-/m1/s1. The third-order valence-corrected chi connectivity index (χ3v) is 3.47. The maximum Gasteiger partial charge on any atom is 0.226 e. The number of amides is 1. The van der Waals surface area contributed by atoms with E-state index in [9.17, 15) is 4.79 Å². The fraction of sp³-hybridized carbons (Fsp3) is 0.500. The molecule has 104 valence electrons. The number of carbonyl (C=O) groups is 1. The number of hydrogen-bond donors (Lipinski definition) is 1. The summed E-state index contributed by atoms with van der Waals surface area (Å²) < 4.78 is 5.54. The second-order valence-corrected chi connectivity index (χ2v) is 5.13. The van der Waals surface area contributed by atoms with Crippen LogP contribution < -0.4 is 10.1 Å². The van der Waals surface area contributed by atoms with Crippen molar-refractivity contribution in [3.05, 3.63) is 29.3 Å². The molecule has 1 aliphatic rings. The van der Waals surface area contributed by atoms with Crippen molar-refractivity contribution in [1.82, 2.24) is 10.2 Å². The van der Waals surface area contributed by atoms with Gasteiger partial charge in [0.1, 0.15) is 5.75 Å². The highest BCUT2D eigenvalue weighted by molar-refractivity contribution is 6.30. The first-order valence-electron chi connectivity index (χ1n) is 6.55. The fourth-order valence-electron chi connectivity index (χ4n) is 2.14. The number of halogens is 1. The lowest BCUT2D eigenvalue weighted by Crippen LogP contribution is -2.52. The third kappa shape index (κ3) is 4.11. The summed E-state index contributed by atoms with van der Waals surface area (Å²) in [4.78, 5) is 14.0. The van der Waals surface area contributed by atoms with Crippen LogP contribution in [0.2, 0.25) is 5.02 Å². The van der Waals surface area contributed by atoms with E-state index in [-0.39, 0.29) is 11.9 Å². The number of carbonyl (C=O) groups excluding carboxylic acids is 1. The molecule has 4 nitrogen and oxygen atoms in total. The van der Waals surface area contributed by atoms with Crippen molar-refractivity contribution in [3.63, 3.8) is 0 Å². The second kappa shape index (κ2) is 6.78. The molecule has 1 N–H and O–H groups in total. The van der Waals surface area contributed by atoms with E-state index in [0.717, 1.165) is 25.4 Å². The minimum absolute atomic E-state index is 0.156. The lowest BCUT2D eigenvalue weighted by Gasteiger charge is -2.34. The van der Waals surface area contributed by atoms with Gasteiger partial charge in [0.15, 0.2) is 0 Å². The van der Waals surface area contributed by atoms with Gasteiger partial charge in [-0.05, 0) is 31.2 Å². The number of nitrogens with one attached hydrogen (secondary N) is 1. The number of hydrogen-bond acceptors (Lipinski definition) is 3. The summed E-state index contributed by atoms with van der Waals surface area (Å²) >= 11 is 5.79. The number of piperazine rings is 1. The fourth-order valence-corrected chi connectivity index (χ4v) is 2.27. The van der Waals surface area contributed by atoms with Gasteiger partial charge in [-0.15, -0.1) is 0 Å². The van der Waals surface area contributed by atoms with Gasteiger partial charge in [-0.2, -0.15) is 0 Å².